The predicted molar refractivity (Wildman–Crippen MR) is 112 cm³/mol. The lowest BCUT2D eigenvalue weighted by molar-refractivity contribution is -0.145. The summed E-state index contributed by atoms with van der Waals surface area (Å²) in [5.41, 5.74) is 0.231. The molecule has 0 unspecified atom stereocenters. The van der Waals surface area contributed by atoms with Gasteiger partial charge in [0, 0.05) is 0 Å². The van der Waals surface area contributed by atoms with Crippen molar-refractivity contribution >= 4 is 11.8 Å². The van der Waals surface area contributed by atoms with E-state index in [0.717, 1.165) is 11.1 Å². The first-order valence-corrected chi connectivity index (χ1v) is 9.95. The second kappa shape index (κ2) is 10.7. The summed E-state index contributed by atoms with van der Waals surface area (Å²) in [4.78, 5) is 26.3. The molecule has 0 radical (unpaired) electrons. The Morgan fingerprint density at radius 3 is 1.38 bits per heavy atom. The van der Waals surface area contributed by atoms with Gasteiger partial charge in [-0.05, 0) is 24.0 Å². The Labute approximate surface area is 172 Å². The van der Waals surface area contributed by atoms with Gasteiger partial charge in [-0.25, -0.2) is 0 Å². The molecule has 0 saturated heterocycles. The summed E-state index contributed by atoms with van der Waals surface area (Å²) in [6.45, 7) is 3.03. The molecule has 4 N–H and O–H groups in total. The lowest BCUT2D eigenvalue weighted by atomic mass is 9.79. The van der Waals surface area contributed by atoms with Gasteiger partial charge in [0.15, 0.2) is 0 Å². The van der Waals surface area contributed by atoms with Gasteiger partial charge in [-0.1, -0.05) is 74.5 Å². The van der Waals surface area contributed by atoms with Gasteiger partial charge in [0.05, 0.1) is 25.3 Å². The summed E-state index contributed by atoms with van der Waals surface area (Å²) in [5, 5.41) is 25.2. The average Bonchev–Trinajstić information content (AvgIpc) is 2.78. The fraction of sp³-hybridized carbons (Fsp3) is 0.391. The summed E-state index contributed by atoms with van der Waals surface area (Å²) in [7, 11) is 0. The summed E-state index contributed by atoms with van der Waals surface area (Å²) < 4.78 is 0. The second-order valence-electron chi connectivity index (χ2n) is 7.03. The number of nitrogens with one attached hydrogen (secondary N) is 2. The molecule has 0 aromatic heterocycles. The van der Waals surface area contributed by atoms with Crippen molar-refractivity contribution in [3.8, 4) is 0 Å². The van der Waals surface area contributed by atoms with E-state index < -0.39 is 29.3 Å². The third kappa shape index (κ3) is 5.22. The molecule has 2 aromatic carbocycles. The number of carbonyl (C=O) groups is 2. The molecule has 0 aliphatic carbocycles. The van der Waals surface area contributed by atoms with E-state index >= 15 is 0 Å². The molecule has 6 heteroatoms. The van der Waals surface area contributed by atoms with Gasteiger partial charge in [0.1, 0.15) is 5.41 Å². The molecule has 2 rings (SSSR count). The van der Waals surface area contributed by atoms with Crippen LogP contribution in [0, 0.1) is 5.41 Å². The Hall–Kier alpha value is -2.70. The largest absolute Gasteiger partial charge is 0.394 e. The van der Waals surface area contributed by atoms with Crippen LogP contribution in [0.1, 0.15) is 49.9 Å². The van der Waals surface area contributed by atoms with E-state index in [1.54, 1.807) is 13.8 Å². The molecule has 0 spiro atoms. The summed E-state index contributed by atoms with van der Waals surface area (Å²) in [6, 6.07) is 17.1. The Morgan fingerprint density at radius 1 is 0.759 bits per heavy atom. The third-order valence-corrected chi connectivity index (χ3v) is 5.46. The fourth-order valence-corrected chi connectivity index (χ4v) is 3.43. The second-order valence-corrected chi connectivity index (χ2v) is 7.03. The maximum atomic E-state index is 13.2. The molecule has 156 valence electrons. The summed E-state index contributed by atoms with van der Waals surface area (Å²) >= 11 is 0. The first-order chi connectivity index (χ1) is 14.0. The molecule has 0 heterocycles. The van der Waals surface area contributed by atoms with E-state index in [1.165, 1.54) is 0 Å². The minimum atomic E-state index is -1.30. The highest BCUT2D eigenvalue weighted by Gasteiger charge is 2.44. The highest BCUT2D eigenvalue weighted by Crippen LogP contribution is 2.30. The van der Waals surface area contributed by atoms with Crippen LogP contribution < -0.4 is 10.6 Å². The predicted octanol–water partition coefficient (Wildman–Crippen LogP) is 2.49. The first-order valence-electron chi connectivity index (χ1n) is 9.95. The third-order valence-electron chi connectivity index (χ3n) is 5.46. The highest BCUT2D eigenvalue weighted by molar-refractivity contribution is 6.05. The average molecular weight is 399 g/mol. The molecule has 2 amide bonds. The van der Waals surface area contributed by atoms with E-state index in [9.17, 15) is 19.8 Å². The zero-order chi connectivity index (χ0) is 21.3. The molecular formula is C23H30N2O4. The highest BCUT2D eigenvalue weighted by atomic mass is 16.3. The SMILES string of the molecule is CCC(CC)(C(=O)N[C@@H](CO)c1ccccc1)C(=O)N[C@@H](CO)c1ccccc1. The number of amides is 2. The number of rotatable bonds is 10. The van der Waals surface area contributed by atoms with Crippen LogP contribution in [0.25, 0.3) is 0 Å². The quantitative estimate of drug-likeness (QED) is 0.462. The van der Waals surface area contributed by atoms with Crippen molar-refractivity contribution < 1.29 is 19.8 Å². The lowest BCUT2D eigenvalue weighted by Crippen LogP contribution is -2.53. The molecule has 2 atom stereocenters. The maximum Gasteiger partial charge on any atom is 0.236 e. The number of aliphatic hydroxyl groups excluding tert-OH is 2. The topological polar surface area (TPSA) is 98.7 Å². The molecule has 0 bridgehead atoms. The van der Waals surface area contributed by atoms with E-state index in [0.29, 0.717) is 12.8 Å². The van der Waals surface area contributed by atoms with Crippen molar-refractivity contribution in [3.63, 3.8) is 0 Å². The standard InChI is InChI=1S/C23H30N2O4/c1-3-23(4-2,21(28)24-19(15-26)17-11-7-5-8-12-17)22(29)25-20(16-27)18-13-9-6-10-14-18/h5-14,19-20,26-27H,3-4,15-16H2,1-2H3,(H,24,28)(H,25,29)/t19-,20-/m0/s1. The van der Waals surface area contributed by atoms with Crippen LogP contribution in [-0.4, -0.2) is 35.2 Å². The Bertz CT molecular complexity index is 712. The van der Waals surface area contributed by atoms with Gasteiger partial charge in [-0.3, -0.25) is 9.59 Å². The monoisotopic (exact) mass is 398 g/mol. The molecule has 6 nitrogen and oxygen atoms in total. The Balaban J connectivity index is 2.22. The van der Waals surface area contributed by atoms with Crippen LogP contribution in [0.15, 0.2) is 60.7 Å². The summed E-state index contributed by atoms with van der Waals surface area (Å²) in [5.74, 6) is -0.875. The van der Waals surface area contributed by atoms with Gasteiger partial charge >= 0.3 is 0 Å². The van der Waals surface area contributed by atoms with Crippen LogP contribution >= 0.6 is 0 Å². The van der Waals surface area contributed by atoms with Crippen LogP contribution in [0.2, 0.25) is 0 Å². The molecule has 0 aliphatic heterocycles. The van der Waals surface area contributed by atoms with Crippen LogP contribution in [0.3, 0.4) is 0 Å². The van der Waals surface area contributed by atoms with Crippen LogP contribution in [-0.2, 0) is 9.59 Å². The smallest absolute Gasteiger partial charge is 0.236 e. The number of hydrogen-bond acceptors (Lipinski definition) is 4. The fourth-order valence-electron chi connectivity index (χ4n) is 3.43. The van der Waals surface area contributed by atoms with Gasteiger partial charge < -0.3 is 20.8 Å². The normalized spacial score (nSPS) is 13.4. The van der Waals surface area contributed by atoms with E-state index in [2.05, 4.69) is 10.6 Å². The number of hydrogen-bond donors (Lipinski definition) is 4. The van der Waals surface area contributed by atoms with Crippen molar-refractivity contribution in [2.45, 2.75) is 38.8 Å². The van der Waals surface area contributed by atoms with Crippen LogP contribution in [0.5, 0.6) is 0 Å². The molecule has 2 aromatic rings. The number of carbonyl (C=O) groups excluding carboxylic acids is 2. The molecule has 0 aliphatic rings. The zero-order valence-electron chi connectivity index (χ0n) is 17.0. The number of benzene rings is 2. The maximum absolute atomic E-state index is 13.2. The van der Waals surface area contributed by atoms with Gasteiger partial charge in [-0.2, -0.15) is 0 Å². The van der Waals surface area contributed by atoms with Crippen molar-refractivity contribution in [3.05, 3.63) is 71.8 Å². The Morgan fingerprint density at radius 2 is 1.10 bits per heavy atom. The minimum Gasteiger partial charge on any atom is -0.394 e. The lowest BCUT2D eigenvalue weighted by Gasteiger charge is -2.32. The zero-order valence-corrected chi connectivity index (χ0v) is 17.0. The Kier molecular flexibility index (Phi) is 8.36. The van der Waals surface area contributed by atoms with Crippen molar-refractivity contribution in [2.24, 2.45) is 5.41 Å². The van der Waals surface area contributed by atoms with E-state index in [4.69, 9.17) is 0 Å². The first kappa shape index (κ1) is 22.6. The van der Waals surface area contributed by atoms with Crippen LogP contribution in [0.4, 0.5) is 0 Å². The van der Waals surface area contributed by atoms with Gasteiger partial charge in [0.25, 0.3) is 0 Å². The van der Waals surface area contributed by atoms with Crippen molar-refractivity contribution in [1.29, 1.82) is 0 Å². The molecule has 29 heavy (non-hydrogen) atoms. The minimum absolute atomic E-state index is 0.274. The van der Waals surface area contributed by atoms with E-state index in [1.807, 2.05) is 60.7 Å². The van der Waals surface area contributed by atoms with Gasteiger partial charge in [0.2, 0.25) is 11.8 Å². The molecular weight excluding hydrogens is 368 g/mol. The summed E-state index contributed by atoms with van der Waals surface area (Å²) in [6.07, 6.45) is 0.585. The molecule has 0 fully saturated rings. The van der Waals surface area contributed by atoms with E-state index in [-0.39, 0.29) is 13.2 Å². The van der Waals surface area contributed by atoms with Crippen molar-refractivity contribution in [2.75, 3.05) is 13.2 Å². The number of aliphatic hydroxyl groups is 2. The van der Waals surface area contributed by atoms with Gasteiger partial charge in [-0.15, -0.1) is 0 Å². The molecule has 0 saturated carbocycles. The van der Waals surface area contributed by atoms with Crippen molar-refractivity contribution in [1.82, 2.24) is 10.6 Å².